The lowest BCUT2D eigenvalue weighted by Gasteiger charge is -2.29. The number of hydrogen-bond acceptors (Lipinski definition) is 7. The van der Waals surface area contributed by atoms with Gasteiger partial charge in [0.1, 0.15) is 24.2 Å². The van der Waals surface area contributed by atoms with Crippen LogP contribution in [0.5, 0.6) is 0 Å². The molecule has 0 radical (unpaired) electrons. The average Bonchev–Trinajstić information content (AvgIpc) is 2.69. The SMILES string of the molecule is CC(C)[C@H](NC(=O)OCc1ccccc1)C(=O)C(C(=O)CBr)C(N)C(=O)OC(C)(C)C. The normalized spacial score (nSPS) is 14.3. The first-order valence-electron chi connectivity index (χ1n) is 9.95. The van der Waals surface area contributed by atoms with Gasteiger partial charge in [-0.1, -0.05) is 60.1 Å². The number of carbonyl (C=O) groups is 4. The quantitative estimate of drug-likeness (QED) is 0.288. The summed E-state index contributed by atoms with van der Waals surface area (Å²) in [4.78, 5) is 50.4. The van der Waals surface area contributed by atoms with Crippen LogP contribution in [0.15, 0.2) is 30.3 Å². The van der Waals surface area contributed by atoms with Crippen molar-refractivity contribution in [3.8, 4) is 0 Å². The average molecular weight is 499 g/mol. The minimum absolute atomic E-state index is 0.0207. The minimum Gasteiger partial charge on any atom is -0.459 e. The maximum absolute atomic E-state index is 13.2. The van der Waals surface area contributed by atoms with Crippen LogP contribution in [-0.4, -0.2) is 46.6 Å². The number of halogens is 1. The first-order chi connectivity index (χ1) is 14.4. The highest BCUT2D eigenvalue weighted by Crippen LogP contribution is 2.18. The lowest BCUT2D eigenvalue weighted by atomic mass is 9.84. The number of alkyl carbamates (subject to hydrolysis) is 1. The number of hydrogen-bond donors (Lipinski definition) is 2. The van der Waals surface area contributed by atoms with Crippen LogP contribution in [0.3, 0.4) is 0 Å². The summed E-state index contributed by atoms with van der Waals surface area (Å²) in [5.41, 5.74) is 5.91. The molecular weight excluding hydrogens is 468 g/mol. The van der Waals surface area contributed by atoms with Gasteiger partial charge in [0.15, 0.2) is 11.6 Å². The molecule has 0 fully saturated rings. The van der Waals surface area contributed by atoms with E-state index in [0.29, 0.717) is 0 Å². The third kappa shape index (κ3) is 8.78. The molecule has 1 rings (SSSR count). The van der Waals surface area contributed by atoms with Gasteiger partial charge in [0.05, 0.1) is 11.4 Å². The number of amides is 1. The fourth-order valence-corrected chi connectivity index (χ4v) is 3.13. The fourth-order valence-electron chi connectivity index (χ4n) is 2.78. The highest BCUT2D eigenvalue weighted by molar-refractivity contribution is 9.09. The summed E-state index contributed by atoms with van der Waals surface area (Å²) in [6, 6.07) is 6.47. The van der Waals surface area contributed by atoms with Gasteiger partial charge in [0.2, 0.25) is 0 Å². The zero-order valence-electron chi connectivity index (χ0n) is 18.5. The molecule has 0 aromatic heterocycles. The fraction of sp³-hybridized carbons (Fsp3) is 0.545. The smallest absolute Gasteiger partial charge is 0.408 e. The Hall–Kier alpha value is -2.26. The Morgan fingerprint density at radius 2 is 1.68 bits per heavy atom. The number of Topliss-reactive ketones (excluding diaryl/α,β-unsaturated/α-hetero) is 2. The van der Waals surface area contributed by atoms with Crippen molar-refractivity contribution in [2.45, 2.75) is 58.9 Å². The molecule has 1 aromatic carbocycles. The number of esters is 1. The number of nitrogens with two attached hydrogens (primary N) is 1. The lowest BCUT2D eigenvalue weighted by molar-refractivity contribution is -0.160. The summed E-state index contributed by atoms with van der Waals surface area (Å²) in [5, 5.41) is 2.32. The van der Waals surface area contributed by atoms with Gasteiger partial charge in [0, 0.05) is 0 Å². The van der Waals surface area contributed by atoms with Gasteiger partial charge in [0.25, 0.3) is 0 Å². The molecule has 172 valence electrons. The van der Waals surface area contributed by atoms with Gasteiger partial charge in [-0.2, -0.15) is 0 Å². The molecule has 0 saturated carbocycles. The van der Waals surface area contributed by atoms with E-state index in [1.54, 1.807) is 46.8 Å². The van der Waals surface area contributed by atoms with Crippen LogP contribution in [0.2, 0.25) is 0 Å². The zero-order chi connectivity index (χ0) is 23.8. The molecule has 0 aliphatic rings. The Bertz CT molecular complexity index is 776. The second-order valence-electron chi connectivity index (χ2n) is 8.47. The maximum Gasteiger partial charge on any atom is 0.408 e. The molecule has 0 spiro atoms. The van der Waals surface area contributed by atoms with Gasteiger partial charge in [-0.25, -0.2) is 4.79 Å². The molecule has 1 aromatic rings. The molecule has 0 aliphatic heterocycles. The van der Waals surface area contributed by atoms with Crippen LogP contribution in [0, 0.1) is 11.8 Å². The topological polar surface area (TPSA) is 125 Å². The molecule has 8 nitrogen and oxygen atoms in total. The van der Waals surface area contributed by atoms with Crippen molar-refractivity contribution in [3.63, 3.8) is 0 Å². The summed E-state index contributed by atoms with van der Waals surface area (Å²) >= 11 is 3.03. The van der Waals surface area contributed by atoms with Crippen LogP contribution < -0.4 is 11.1 Å². The standard InChI is InChI=1S/C22H31BrN2O6/c1-13(2)18(25-21(29)30-12-14-9-7-6-8-10-14)19(27)16(15(26)11-23)17(24)20(28)31-22(3,4)5/h6-10,13,16-18H,11-12,24H2,1-5H3,(H,25,29)/t16?,17?,18-/m0/s1. The van der Waals surface area contributed by atoms with Crippen molar-refractivity contribution >= 4 is 39.6 Å². The van der Waals surface area contributed by atoms with Crippen LogP contribution in [-0.2, 0) is 30.5 Å². The predicted octanol–water partition coefficient (Wildman–Crippen LogP) is 2.76. The van der Waals surface area contributed by atoms with E-state index in [4.69, 9.17) is 15.2 Å². The van der Waals surface area contributed by atoms with E-state index in [1.165, 1.54) is 0 Å². The first-order valence-corrected chi connectivity index (χ1v) is 11.1. The number of alkyl halides is 1. The molecule has 0 saturated heterocycles. The molecule has 1 amide bonds. The van der Waals surface area contributed by atoms with E-state index in [2.05, 4.69) is 21.2 Å². The van der Waals surface area contributed by atoms with Crippen molar-refractivity contribution < 1.29 is 28.7 Å². The van der Waals surface area contributed by atoms with E-state index in [9.17, 15) is 19.2 Å². The molecule has 0 heterocycles. The molecule has 3 atom stereocenters. The number of rotatable bonds is 10. The summed E-state index contributed by atoms with van der Waals surface area (Å²) in [5.74, 6) is -3.97. The van der Waals surface area contributed by atoms with Gasteiger partial charge >= 0.3 is 12.1 Å². The summed E-state index contributed by atoms with van der Waals surface area (Å²) in [6.07, 6.45) is -0.813. The van der Waals surface area contributed by atoms with Crippen LogP contribution >= 0.6 is 15.9 Å². The van der Waals surface area contributed by atoms with Crippen molar-refractivity contribution in [2.24, 2.45) is 17.6 Å². The molecule has 3 N–H and O–H groups in total. The van der Waals surface area contributed by atoms with Crippen molar-refractivity contribution in [3.05, 3.63) is 35.9 Å². The Morgan fingerprint density at radius 3 is 2.16 bits per heavy atom. The summed E-state index contributed by atoms with van der Waals surface area (Å²) < 4.78 is 10.4. The maximum atomic E-state index is 13.2. The van der Waals surface area contributed by atoms with Gasteiger partial charge in [-0.05, 0) is 32.3 Å². The van der Waals surface area contributed by atoms with Crippen molar-refractivity contribution in [1.82, 2.24) is 5.32 Å². The molecule has 0 bridgehead atoms. The summed E-state index contributed by atoms with van der Waals surface area (Å²) in [7, 11) is 0. The molecule has 2 unspecified atom stereocenters. The lowest BCUT2D eigenvalue weighted by Crippen LogP contribution is -2.56. The minimum atomic E-state index is -1.50. The van der Waals surface area contributed by atoms with Crippen molar-refractivity contribution in [2.75, 3.05) is 5.33 Å². The van der Waals surface area contributed by atoms with E-state index in [1.807, 2.05) is 18.2 Å². The van der Waals surface area contributed by atoms with E-state index in [0.717, 1.165) is 5.56 Å². The Morgan fingerprint density at radius 1 is 1.10 bits per heavy atom. The highest BCUT2D eigenvalue weighted by Gasteiger charge is 2.42. The van der Waals surface area contributed by atoms with Gasteiger partial charge < -0.3 is 20.5 Å². The number of ether oxygens (including phenoxy) is 2. The Labute approximate surface area is 191 Å². The third-order valence-electron chi connectivity index (χ3n) is 4.28. The van der Waals surface area contributed by atoms with Crippen LogP contribution in [0.4, 0.5) is 4.79 Å². The third-order valence-corrected chi connectivity index (χ3v) is 4.84. The van der Waals surface area contributed by atoms with Crippen LogP contribution in [0.1, 0.15) is 40.2 Å². The monoisotopic (exact) mass is 498 g/mol. The number of carbonyl (C=O) groups excluding carboxylic acids is 4. The Balaban J connectivity index is 2.97. The second-order valence-corrected chi connectivity index (χ2v) is 9.03. The first kappa shape index (κ1) is 26.8. The molecular formula is C22H31BrN2O6. The highest BCUT2D eigenvalue weighted by atomic mass is 79.9. The number of ketones is 2. The summed E-state index contributed by atoms with van der Waals surface area (Å²) in [6.45, 7) is 8.39. The van der Waals surface area contributed by atoms with Gasteiger partial charge in [-0.3, -0.25) is 14.4 Å². The van der Waals surface area contributed by atoms with Gasteiger partial charge in [-0.15, -0.1) is 0 Å². The van der Waals surface area contributed by atoms with E-state index < -0.39 is 47.2 Å². The molecule has 31 heavy (non-hydrogen) atoms. The van der Waals surface area contributed by atoms with E-state index >= 15 is 0 Å². The van der Waals surface area contributed by atoms with E-state index in [-0.39, 0.29) is 17.9 Å². The number of benzene rings is 1. The Kier molecular flexibility index (Phi) is 10.3. The van der Waals surface area contributed by atoms with Crippen molar-refractivity contribution in [1.29, 1.82) is 0 Å². The number of nitrogens with one attached hydrogen (secondary N) is 1. The molecule has 0 aliphatic carbocycles. The largest absolute Gasteiger partial charge is 0.459 e. The predicted molar refractivity (Wildman–Crippen MR) is 120 cm³/mol. The van der Waals surface area contributed by atoms with Crippen LogP contribution in [0.25, 0.3) is 0 Å². The zero-order valence-corrected chi connectivity index (χ0v) is 20.1. The second kappa shape index (κ2) is 12.0. The molecule has 9 heteroatoms.